The van der Waals surface area contributed by atoms with Crippen molar-refractivity contribution in [1.82, 2.24) is 15.2 Å². The molecule has 1 aromatic heterocycles. The van der Waals surface area contributed by atoms with E-state index in [4.69, 9.17) is 10.6 Å². The molecule has 3 N–H and O–H groups in total. The highest BCUT2D eigenvalue weighted by Crippen LogP contribution is 2.19. The monoisotopic (exact) mass is 210 g/mol. The third kappa shape index (κ3) is 2.56. The number of hydrogen-bond donors (Lipinski definition) is 2. The van der Waals surface area contributed by atoms with Gasteiger partial charge in [0.2, 0.25) is 0 Å². The van der Waals surface area contributed by atoms with Crippen LogP contribution in [0.25, 0.3) is 0 Å². The minimum Gasteiger partial charge on any atom is -0.381 e. The van der Waals surface area contributed by atoms with Crippen LogP contribution in [-0.2, 0) is 18.2 Å². The lowest BCUT2D eigenvalue weighted by atomic mass is 9.95. The fraction of sp³-hybridized carbons (Fsp3) is 0.700. The van der Waals surface area contributed by atoms with E-state index in [0.717, 1.165) is 26.1 Å². The molecule has 2 rings (SSSR count). The van der Waals surface area contributed by atoms with Gasteiger partial charge in [0.25, 0.3) is 0 Å². The van der Waals surface area contributed by atoms with E-state index in [-0.39, 0.29) is 6.04 Å². The molecule has 1 aromatic rings. The van der Waals surface area contributed by atoms with Gasteiger partial charge in [0, 0.05) is 31.8 Å². The average molecular weight is 210 g/mol. The van der Waals surface area contributed by atoms with Gasteiger partial charge in [0.1, 0.15) is 0 Å². The van der Waals surface area contributed by atoms with Crippen LogP contribution >= 0.6 is 0 Å². The summed E-state index contributed by atoms with van der Waals surface area (Å²) < 4.78 is 7.18. The Morgan fingerprint density at radius 3 is 3.20 bits per heavy atom. The summed E-state index contributed by atoms with van der Waals surface area (Å²) in [7, 11) is 1.92. The van der Waals surface area contributed by atoms with Crippen LogP contribution in [0.1, 0.15) is 12.0 Å². The number of ether oxygens (including phenoxy) is 1. The molecule has 0 bridgehead atoms. The quantitative estimate of drug-likeness (QED) is 0.535. The second kappa shape index (κ2) is 4.74. The van der Waals surface area contributed by atoms with E-state index in [9.17, 15) is 0 Å². The van der Waals surface area contributed by atoms with Crippen molar-refractivity contribution >= 4 is 0 Å². The van der Waals surface area contributed by atoms with Crippen molar-refractivity contribution in [2.45, 2.75) is 18.9 Å². The van der Waals surface area contributed by atoms with Crippen molar-refractivity contribution in [3.63, 3.8) is 0 Å². The normalized spacial score (nSPS) is 23.2. The number of rotatable bonds is 4. The molecule has 1 saturated heterocycles. The Bertz CT molecular complexity index is 306. The first-order valence-electron chi connectivity index (χ1n) is 5.31. The zero-order valence-electron chi connectivity index (χ0n) is 9.02. The summed E-state index contributed by atoms with van der Waals surface area (Å²) >= 11 is 0. The number of nitrogens with one attached hydrogen (secondary N) is 1. The highest BCUT2D eigenvalue weighted by molar-refractivity contribution is 5.06. The predicted octanol–water partition coefficient (Wildman–Crippen LogP) is -0.169. The molecule has 2 unspecified atom stereocenters. The molecule has 15 heavy (non-hydrogen) atoms. The molecule has 1 fully saturated rings. The maximum absolute atomic E-state index is 5.57. The number of aromatic nitrogens is 2. The number of aryl methyl sites for hydroxylation is 1. The standard InChI is InChI=1S/C10H18N4O/c1-14-6-8(5-12-14)4-10(13-11)9-2-3-15-7-9/h5-6,9-10,13H,2-4,7,11H2,1H3. The zero-order valence-corrected chi connectivity index (χ0v) is 9.02. The fourth-order valence-corrected chi connectivity index (χ4v) is 2.06. The number of nitrogens with zero attached hydrogens (tertiary/aromatic N) is 2. The second-order valence-electron chi connectivity index (χ2n) is 4.12. The van der Waals surface area contributed by atoms with Gasteiger partial charge < -0.3 is 4.74 Å². The van der Waals surface area contributed by atoms with Crippen molar-refractivity contribution in [3.05, 3.63) is 18.0 Å². The minimum atomic E-state index is 0.289. The van der Waals surface area contributed by atoms with E-state index >= 15 is 0 Å². The van der Waals surface area contributed by atoms with E-state index in [1.807, 2.05) is 24.1 Å². The molecule has 1 aliphatic heterocycles. The lowest BCUT2D eigenvalue weighted by Gasteiger charge is -2.20. The molecule has 0 saturated carbocycles. The van der Waals surface area contributed by atoms with E-state index in [2.05, 4.69) is 10.5 Å². The first-order chi connectivity index (χ1) is 7.29. The zero-order chi connectivity index (χ0) is 10.7. The van der Waals surface area contributed by atoms with E-state index in [0.29, 0.717) is 5.92 Å². The Morgan fingerprint density at radius 1 is 1.80 bits per heavy atom. The van der Waals surface area contributed by atoms with Crippen LogP contribution in [0, 0.1) is 5.92 Å². The topological polar surface area (TPSA) is 65.1 Å². The summed E-state index contributed by atoms with van der Waals surface area (Å²) in [5.41, 5.74) is 4.10. The van der Waals surface area contributed by atoms with Crippen LogP contribution in [0.15, 0.2) is 12.4 Å². The molecule has 5 nitrogen and oxygen atoms in total. The van der Waals surface area contributed by atoms with Gasteiger partial charge in [-0.3, -0.25) is 16.0 Å². The molecule has 0 spiro atoms. The highest BCUT2D eigenvalue weighted by Gasteiger charge is 2.25. The lowest BCUT2D eigenvalue weighted by Crippen LogP contribution is -2.42. The van der Waals surface area contributed by atoms with Crippen molar-refractivity contribution in [2.24, 2.45) is 18.8 Å². The summed E-state index contributed by atoms with van der Waals surface area (Å²) in [5, 5.41) is 4.15. The van der Waals surface area contributed by atoms with Gasteiger partial charge in [-0.05, 0) is 18.4 Å². The van der Waals surface area contributed by atoms with Crippen LogP contribution in [0.4, 0.5) is 0 Å². The van der Waals surface area contributed by atoms with Crippen LogP contribution in [-0.4, -0.2) is 29.0 Å². The van der Waals surface area contributed by atoms with Crippen LogP contribution in [0.5, 0.6) is 0 Å². The molecule has 5 heteroatoms. The average Bonchev–Trinajstić information content (AvgIpc) is 2.85. The highest BCUT2D eigenvalue weighted by atomic mass is 16.5. The van der Waals surface area contributed by atoms with Gasteiger partial charge in [-0.2, -0.15) is 5.10 Å². The van der Waals surface area contributed by atoms with Gasteiger partial charge in [-0.1, -0.05) is 0 Å². The molecule has 84 valence electrons. The molecular weight excluding hydrogens is 192 g/mol. The third-order valence-corrected chi connectivity index (χ3v) is 2.96. The van der Waals surface area contributed by atoms with Gasteiger partial charge >= 0.3 is 0 Å². The maximum atomic E-state index is 5.57. The van der Waals surface area contributed by atoms with Crippen LogP contribution in [0.3, 0.4) is 0 Å². The van der Waals surface area contributed by atoms with Crippen molar-refractivity contribution in [2.75, 3.05) is 13.2 Å². The Kier molecular flexibility index (Phi) is 3.35. The van der Waals surface area contributed by atoms with Gasteiger partial charge in [0.05, 0.1) is 12.8 Å². The molecule has 0 aliphatic carbocycles. The Balaban J connectivity index is 1.95. The summed E-state index contributed by atoms with van der Waals surface area (Å²) in [6.45, 7) is 1.67. The van der Waals surface area contributed by atoms with E-state index < -0.39 is 0 Å². The molecule has 2 heterocycles. The summed E-state index contributed by atoms with van der Waals surface area (Å²) in [4.78, 5) is 0. The van der Waals surface area contributed by atoms with Gasteiger partial charge in [-0.25, -0.2) is 0 Å². The Morgan fingerprint density at radius 2 is 2.67 bits per heavy atom. The fourth-order valence-electron chi connectivity index (χ4n) is 2.06. The number of hydrazine groups is 1. The first-order valence-corrected chi connectivity index (χ1v) is 5.31. The third-order valence-electron chi connectivity index (χ3n) is 2.96. The predicted molar refractivity (Wildman–Crippen MR) is 56.9 cm³/mol. The maximum Gasteiger partial charge on any atom is 0.0522 e. The summed E-state index contributed by atoms with van der Waals surface area (Å²) in [6, 6.07) is 0.289. The summed E-state index contributed by atoms with van der Waals surface area (Å²) in [6.07, 6.45) is 5.92. The molecule has 0 amide bonds. The van der Waals surface area contributed by atoms with Crippen LogP contribution in [0.2, 0.25) is 0 Å². The Labute approximate surface area is 89.6 Å². The lowest BCUT2D eigenvalue weighted by molar-refractivity contribution is 0.176. The van der Waals surface area contributed by atoms with E-state index in [1.54, 1.807) is 0 Å². The van der Waals surface area contributed by atoms with Crippen molar-refractivity contribution < 1.29 is 4.74 Å². The molecule has 1 aliphatic rings. The summed E-state index contributed by atoms with van der Waals surface area (Å²) in [5.74, 6) is 6.10. The van der Waals surface area contributed by atoms with E-state index in [1.165, 1.54) is 5.56 Å². The van der Waals surface area contributed by atoms with Crippen molar-refractivity contribution in [3.8, 4) is 0 Å². The SMILES string of the molecule is Cn1cc(CC(NN)C2CCOC2)cn1. The minimum absolute atomic E-state index is 0.289. The molecule has 2 atom stereocenters. The first kappa shape index (κ1) is 10.6. The molecular formula is C10H18N4O. The Hall–Kier alpha value is -0.910. The molecule has 0 radical (unpaired) electrons. The largest absolute Gasteiger partial charge is 0.381 e. The smallest absolute Gasteiger partial charge is 0.0522 e. The van der Waals surface area contributed by atoms with Crippen LogP contribution < -0.4 is 11.3 Å². The second-order valence-corrected chi connectivity index (χ2v) is 4.12. The molecule has 0 aromatic carbocycles. The number of hydrogen-bond acceptors (Lipinski definition) is 4. The van der Waals surface area contributed by atoms with Gasteiger partial charge in [-0.15, -0.1) is 0 Å². The number of nitrogens with two attached hydrogens (primary N) is 1. The van der Waals surface area contributed by atoms with Crippen molar-refractivity contribution in [1.29, 1.82) is 0 Å². The van der Waals surface area contributed by atoms with Gasteiger partial charge in [0.15, 0.2) is 0 Å².